The third-order valence-corrected chi connectivity index (χ3v) is 6.67. The monoisotopic (exact) mass is 469 g/mol. The number of ether oxygens (including phenoxy) is 3. The number of halogens is 1. The van der Waals surface area contributed by atoms with Gasteiger partial charge >= 0.3 is 0 Å². The molecule has 0 aliphatic carbocycles. The number of rotatable bonds is 5. The van der Waals surface area contributed by atoms with E-state index in [9.17, 15) is 9.59 Å². The molecule has 0 saturated carbocycles. The molecular formula is C24H24ClN3O5. The third kappa shape index (κ3) is 3.50. The number of nitrogens with zero attached hydrogens (tertiary/aromatic N) is 2. The first-order valence-corrected chi connectivity index (χ1v) is 11.0. The molecule has 172 valence electrons. The van der Waals surface area contributed by atoms with E-state index in [1.165, 1.54) is 31.8 Å². The van der Waals surface area contributed by atoms with E-state index >= 15 is 0 Å². The molecule has 1 N–H and O–H groups in total. The molecule has 8 nitrogen and oxygen atoms in total. The Kier molecular flexibility index (Phi) is 5.42. The lowest BCUT2D eigenvalue weighted by atomic mass is 10.0. The number of anilines is 1. The summed E-state index contributed by atoms with van der Waals surface area (Å²) in [4.78, 5) is 33.1. The van der Waals surface area contributed by atoms with Crippen molar-refractivity contribution < 1.29 is 23.8 Å². The highest BCUT2D eigenvalue weighted by Gasteiger charge is 2.44. The quantitative estimate of drug-likeness (QED) is 0.575. The summed E-state index contributed by atoms with van der Waals surface area (Å²) in [5.41, 5.74) is 3.71. The maximum Gasteiger partial charge on any atom is 0.251 e. The van der Waals surface area contributed by atoms with Crippen LogP contribution in [0.3, 0.4) is 0 Å². The molecule has 0 radical (unpaired) electrons. The van der Waals surface area contributed by atoms with Gasteiger partial charge in [0.15, 0.2) is 11.5 Å². The van der Waals surface area contributed by atoms with Crippen LogP contribution < -0.4 is 19.1 Å². The molecule has 1 atom stereocenters. The Balaban J connectivity index is 1.43. The molecule has 2 aliphatic rings. The Morgan fingerprint density at radius 2 is 1.76 bits per heavy atom. The van der Waals surface area contributed by atoms with Gasteiger partial charge in [0.1, 0.15) is 0 Å². The lowest BCUT2D eigenvalue weighted by molar-refractivity contribution is -0.123. The zero-order chi connectivity index (χ0) is 23.3. The van der Waals surface area contributed by atoms with Gasteiger partial charge in [0, 0.05) is 46.8 Å². The second kappa shape index (κ2) is 8.28. The number of H-pyrrole nitrogens is 1. The highest BCUT2D eigenvalue weighted by molar-refractivity contribution is 6.31. The number of nitrogens with one attached hydrogen (secondary N) is 1. The second-order valence-corrected chi connectivity index (χ2v) is 8.60. The van der Waals surface area contributed by atoms with Crippen LogP contribution in [0.1, 0.15) is 17.7 Å². The van der Waals surface area contributed by atoms with Gasteiger partial charge in [0.2, 0.25) is 11.7 Å². The molecule has 9 heteroatoms. The number of carbonyl (C=O) groups is 2. The molecule has 5 rings (SSSR count). The highest BCUT2D eigenvalue weighted by atomic mass is 35.5. The normalized spacial score (nSPS) is 18.7. The SMILES string of the molecule is COc1cc(N2C(=O)C[C@@H](N3CCc4c([nH]c5ccc(Cl)cc45)C3)C2=O)cc(OC)c1OC. The molecule has 3 aromatic rings. The van der Waals surface area contributed by atoms with Gasteiger partial charge in [-0.2, -0.15) is 0 Å². The Morgan fingerprint density at radius 1 is 1.03 bits per heavy atom. The predicted octanol–water partition coefficient (Wildman–Crippen LogP) is 3.54. The van der Waals surface area contributed by atoms with E-state index in [0.717, 1.165) is 23.0 Å². The number of imide groups is 1. The van der Waals surface area contributed by atoms with Gasteiger partial charge in [-0.15, -0.1) is 0 Å². The molecule has 2 aromatic carbocycles. The fourth-order valence-corrected chi connectivity index (χ4v) is 5.04. The molecule has 2 amide bonds. The van der Waals surface area contributed by atoms with Crippen LogP contribution in [-0.4, -0.2) is 55.6 Å². The minimum Gasteiger partial charge on any atom is -0.493 e. The van der Waals surface area contributed by atoms with Crippen LogP contribution in [0, 0.1) is 0 Å². The van der Waals surface area contributed by atoms with E-state index < -0.39 is 6.04 Å². The summed E-state index contributed by atoms with van der Waals surface area (Å²) in [6.45, 7) is 1.24. The highest BCUT2D eigenvalue weighted by Crippen LogP contribution is 2.42. The Bertz CT molecular complexity index is 1250. The first-order chi connectivity index (χ1) is 15.9. The average Bonchev–Trinajstić information content (AvgIpc) is 3.33. The number of aromatic amines is 1. The summed E-state index contributed by atoms with van der Waals surface area (Å²) in [7, 11) is 4.50. The second-order valence-electron chi connectivity index (χ2n) is 8.16. The number of amides is 2. The van der Waals surface area contributed by atoms with E-state index in [-0.39, 0.29) is 18.2 Å². The van der Waals surface area contributed by atoms with Crippen LogP contribution >= 0.6 is 11.6 Å². The van der Waals surface area contributed by atoms with Crippen molar-refractivity contribution >= 4 is 40.0 Å². The van der Waals surface area contributed by atoms with Gasteiger partial charge in [-0.05, 0) is 30.2 Å². The van der Waals surface area contributed by atoms with Crippen molar-refractivity contribution in [1.82, 2.24) is 9.88 Å². The fourth-order valence-electron chi connectivity index (χ4n) is 4.87. The van der Waals surface area contributed by atoms with E-state index in [1.54, 1.807) is 12.1 Å². The number of hydrogen-bond donors (Lipinski definition) is 1. The molecule has 0 unspecified atom stereocenters. The molecular weight excluding hydrogens is 446 g/mol. The van der Waals surface area contributed by atoms with Crippen LogP contribution in [0.15, 0.2) is 30.3 Å². The van der Waals surface area contributed by atoms with Crippen LogP contribution in [0.5, 0.6) is 17.2 Å². The lowest BCUT2D eigenvalue weighted by Crippen LogP contribution is -2.44. The number of aromatic nitrogens is 1. The van der Waals surface area contributed by atoms with Crippen molar-refractivity contribution in [2.75, 3.05) is 32.8 Å². The van der Waals surface area contributed by atoms with Crippen LogP contribution in [0.2, 0.25) is 5.02 Å². The van der Waals surface area contributed by atoms with Gasteiger partial charge in [-0.3, -0.25) is 14.5 Å². The Labute approximate surface area is 196 Å². The van der Waals surface area contributed by atoms with Gasteiger partial charge in [0.05, 0.1) is 39.5 Å². The lowest BCUT2D eigenvalue weighted by Gasteiger charge is -2.30. The number of methoxy groups -OCH3 is 3. The molecule has 2 aliphatic heterocycles. The largest absolute Gasteiger partial charge is 0.493 e. The molecule has 3 heterocycles. The number of carbonyl (C=O) groups excluding carboxylic acids is 2. The topological polar surface area (TPSA) is 84.1 Å². The maximum atomic E-state index is 13.4. The first-order valence-electron chi connectivity index (χ1n) is 10.6. The standard InChI is InChI=1S/C24H24ClN3O5/c1-31-20-9-14(10-21(32-2)23(20)33-3)28-22(29)11-19(24(28)30)27-7-6-15-16-8-13(25)4-5-17(16)26-18(15)12-27/h4-5,8-10,19,26H,6-7,11-12H2,1-3H3/t19-/m1/s1. The number of hydrogen-bond acceptors (Lipinski definition) is 6. The predicted molar refractivity (Wildman–Crippen MR) is 124 cm³/mol. The average molecular weight is 470 g/mol. The zero-order valence-corrected chi connectivity index (χ0v) is 19.4. The summed E-state index contributed by atoms with van der Waals surface area (Å²) < 4.78 is 16.1. The number of fused-ring (bicyclic) bond motifs is 3. The summed E-state index contributed by atoms with van der Waals surface area (Å²) in [5.74, 6) is 0.665. The zero-order valence-electron chi connectivity index (χ0n) is 18.6. The van der Waals surface area contributed by atoms with E-state index in [1.807, 2.05) is 18.2 Å². The van der Waals surface area contributed by atoms with Crippen molar-refractivity contribution in [2.45, 2.75) is 25.4 Å². The third-order valence-electron chi connectivity index (χ3n) is 6.44. The van der Waals surface area contributed by atoms with Crippen molar-refractivity contribution in [2.24, 2.45) is 0 Å². The summed E-state index contributed by atoms with van der Waals surface area (Å²) in [6, 6.07) is 8.51. The Hall–Kier alpha value is -3.23. The van der Waals surface area contributed by atoms with Crippen molar-refractivity contribution in [3.05, 3.63) is 46.6 Å². The minimum atomic E-state index is -0.528. The maximum absolute atomic E-state index is 13.4. The van der Waals surface area contributed by atoms with Crippen molar-refractivity contribution in [3.8, 4) is 17.2 Å². The molecule has 1 fully saturated rings. The summed E-state index contributed by atoms with van der Waals surface area (Å²) >= 11 is 6.18. The van der Waals surface area contributed by atoms with Crippen LogP contribution in [0.4, 0.5) is 5.69 Å². The Morgan fingerprint density at radius 3 is 2.42 bits per heavy atom. The van der Waals surface area contributed by atoms with Gasteiger partial charge in [-0.1, -0.05) is 11.6 Å². The van der Waals surface area contributed by atoms with E-state index in [4.69, 9.17) is 25.8 Å². The minimum absolute atomic E-state index is 0.122. The molecule has 1 aromatic heterocycles. The summed E-state index contributed by atoms with van der Waals surface area (Å²) in [5, 5.41) is 1.81. The van der Waals surface area contributed by atoms with Crippen LogP contribution in [0.25, 0.3) is 10.9 Å². The first kappa shape index (κ1) is 21.6. The van der Waals surface area contributed by atoms with E-state index in [2.05, 4.69) is 9.88 Å². The van der Waals surface area contributed by atoms with Gasteiger partial charge in [0.25, 0.3) is 5.91 Å². The molecule has 1 saturated heterocycles. The summed E-state index contributed by atoms with van der Waals surface area (Å²) in [6.07, 6.45) is 0.898. The van der Waals surface area contributed by atoms with Gasteiger partial charge < -0.3 is 19.2 Å². The molecule has 33 heavy (non-hydrogen) atoms. The fraction of sp³-hybridized carbons (Fsp3) is 0.333. The smallest absolute Gasteiger partial charge is 0.251 e. The van der Waals surface area contributed by atoms with Crippen LogP contribution in [-0.2, 0) is 22.6 Å². The molecule has 0 spiro atoms. The molecule has 0 bridgehead atoms. The van der Waals surface area contributed by atoms with Crippen molar-refractivity contribution in [1.29, 1.82) is 0 Å². The van der Waals surface area contributed by atoms with Gasteiger partial charge in [-0.25, -0.2) is 4.90 Å². The van der Waals surface area contributed by atoms with Crippen molar-refractivity contribution in [3.63, 3.8) is 0 Å². The van der Waals surface area contributed by atoms with E-state index in [0.29, 0.717) is 41.0 Å². The number of benzene rings is 2.